The molecule has 9 N–H and O–H groups in total. The minimum Gasteiger partial charge on any atom is -0.507 e. The van der Waals surface area contributed by atoms with Gasteiger partial charge in [0.15, 0.2) is 24.6 Å². The number of nitrogens with zero attached hydrogens (tertiary/aromatic N) is 3. The number of aromatic hydroxyl groups is 2. The Morgan fingerprint density at radius 1 is 0.920 bits per heavy atom. The lowest BCUT2D eigenvalue weighted by molar-refractivity contribution is -0.256. The third kappa shape index (κ3) is 15.4. The van der Waals surface area contributed by atoms with Crippen LogP contribution >= 0.6 is 22.6 Å². The number of fused-ring (bicyclic) bond motifs is 6. The van der Waals surface area contributed by atoms with Gasteiger partial charge in [0.2, 0.25) is 23.5 Å². The predicted octanol–water partition coefficient (Wildman–Crippen LogP) is 3.41. The number of aromatic nitrogens is 1. The zero-order chi connectivity index (χ0) is 62.7. The van der Waals surface area contributed by atoms with Crippen LogP contribution in [0.25, 0.3) is 0 Å². The number of halogens is 1. The van der Waals surface area contributed by atoms with Crippen molar-refractivity contribution in [1.82, 2.24) is 41.8 Å². The molecule has 4 amide bonds. The van der Waals surface area contributed by atoms with Crippen molar-refractivity contribution in [2.75, 3.05) is 66.8 Å². The molecule has 5 aliphatic rings. The maximum absolute atomic E-state index is 14.3. The van der Waals surface area contributed by atoms with Gasteiger partial charge in [-0.3, -0.25) is 44.0 Å². The molecule has 0 saturated carbocycles. The average molecular weight is 1320 g/mol. The van der Waals surface area contributed by atoms with Gasteiger partial charge in [-0.1, -0.05) is 60.9 Å². The van der Waals surface area contributed by atoms with E-state index in [1.54, 1.807) is 19.1 Å². The van der Waals surface area contributed by atoms with Crippen molar-refractivity contribution in [2.24, 2.45) is 0 Å². The maximum atomic E-state index is 14.3. The van der Waals surface area contributed by atoms with E-state index in [4.69, 9.17) is 38.1 Å². The summed E-state index contributed by atoms with van der Waals surface area (Å²) >= 11 is 2.37. The van der Waals surface area contributed by atoms with Crippen molar-refractivity contribution < 1.29 is 77.2 Å². The highest BCUT2D eigenvalue weighted by molar-refractivity contribution is 14.1. The third-order valence-corrected chi connectivity index (χ3v) is 17.6. The summed E-state index contributed by atoms with van der Waals surface area (Å²) in [5.74, 6) is -4.83. The molecule has 3 aliphatic heterocycles. The van der Waals surface area contributed by atoms with Gasteiger partial charge >= 0.3 is 0 Å². The van der Waals surface area contributed by atoms with Crippen LogP contribution in [-0.2, 0) is 64.0 Å². The van der Waals surface area contributed by atoms with Gasteiger partial charge in [0.05, 0.1) is 76.3 Å². The molecule has 8 rings (SSSR count). The second kappa shape index (κ2) is 30.0. The third-order valence-electron chi connectivity index (χ3n) is 16.6. The number of ketones is 2. The summed E-state index contributed by atoms with van der Waals surface area (Å²) in [5.41, 5.74) is -1.50. The Balaban J connectivity index is 0.763. The first kappa shape index (κ1) is 67.0. The van der Waals surface area contributed by atoms with Gasteiger partial charge in [0.25, 0.3) is 5.91 Å². The van der Waals surface area contributed by atoms with Gasteiger partial charge < -0.3 is 75.1 Å². The molecule has 87 heavy (non-hydrogen) atoms. The Bertz CT molecular complexity index is 3050. The van der Waals surface area contributed by atoms with E-state index >= 15 is 0 Å². The summed E-state index contributed by atoms with van der Waals surface area (Å²) in [6.45, 7) is 12.1. The zero-order valence-electron chi connectivity index (χ0n) is 50.4. The molecule has 0 spiro atoms. The smallest absolute Gasteiger partial charge is 0.252 e. The largest absolute Gasteiger partial charge is 0.507 e. The first-order chi connectivity index (χ1) is 41.7. The second-order valence-corrected chi connectivity index (χ2v) is 25.3. The minimum absolute atomic E-state index is 0.0519. The van der Waals surface area contributed by atoms with E-state index in [0.717, 1.165) is 31.4 Å². The quantitative estimate of drug-likeness (QED) is 0.0124. The molecule has 2 aliphatic carbocycles. The number of nitriles is 1. The maximum Gasteiger partial charge on any atom is 0.252 e. The number of carbonyl (C=O) groups is 6. The van der Waals surface area contributed by atoms with E-state index in [1.807, 2.05) is 6.92 Å². The van der Waals surface area contributed by atoms with Crippen LogP contribution in [0.4, 0.5) is 0 Å². The highest BCUT2D eigenvalue weighted by Gasteiger charge is 2.55. The number of morpholine rings is 1. The number of pyridine rings is 1. The van der Waals surface area contributed by atoms with Gasteiger partial charge in [-0.15, -0.1) is 0 Å². The number of aliphatic hydroxyl groups is 1. The number of phenolic OH excluding ortho intramolecular Hbond substituents is 2. The van der Waals surface area contributed by atoms with Crippen LogP contribution < -0.4 is 36.6 Å². The van der Waals surface area contributed by atoms with Crippen molar-refractivity contribution in [3.8, 4) is 23.3 Å². The van der Waals surface area contributed by atoms with Gasteiger partial charge in [-0.05, 0) is 78.2 Å². The Morgan fingerprint density at radius 3 is 2.38 bits per heavy atom. The number of ether oxygens (including phenoxy) is 7. The number of hydrogen-bond donors (Lipinski definition) is 9. The summed E-state index contributed by atoms with van der Waals surface area (Å²) in [6.07, 6.45) is 0.130. The number of hydrogen-bond acceptors (Lipinski definition) is 21. The average Bonchev–Trinajstić information content (AvgIpc) is 1.13. The predicted molar refractivity (Wildman–Crippen MR) is 322 cm³/mol. The zero-order valence-corrected chi connectivity index (χ0v) is 52.5. The fourth-order valence-corrected chi connectivity index (χ4v) is 12.8. The molecule has 3 fully saturated rings. The van der Waals surface area contributed by atoms with Crippen LogP contribution in [0, 0.1) is 11.3 Å². The lowest BCUT2D eigenvalue weighted by atomic mass is 9.72. The van der Waals surface area contributed by atoms with Crippen molar-refractivity contribution >= 4 is 57.8 Å². The lowest BCUT2D eigenvalue weighted by Gasteiger charge is -2.43. The first-order valence-corrected chi connectivity index (χ1v) is 30.9. The topological polar surface area (TPSA) is 340 Å². The number of alkyl halides is 1. The van der Waals surface area contributed by atoms with Crippen LogP contribution in [0.1, 0.15) is 158 Å². The molecule has 2 aromatic carbocycles. The van der Waals surface area contributed by atoms with Crippen LogP contribution in [0.2, 0.25) is 0 Å². The van der Waals surface area contributed by atoms with E-state index in [-0.39, 0.29) is 88.7 Å². The summed E-state index contributed by atoms with van der Waals surface area (Å²) in [4.78, 5) is 87.8. The number of phenols is 2. The number of methoxy groups -OCH3 is 2. The number of rotatable bonds is 29. The standard InChI is InChI=1S/C61H82IN9O16/c1-8-9-10-19-60(5,62)54-36(30-63)16-17-37(70-54)31-83-32-65-24-18-43(72)68-34(3)56(78)69-33(2)55(77)66-22-12-20-64-21-13-23-67-59(79)61(80)28-39-46(52(76)48-47(50(39)74)49(73)38-14-11-15-41(81-6)45(38)51(48)75)42(29-61)86-44-27-40-53(35(4)85-44)87-57-58(82-7)84-26-25-71(40)57/h11,14-17,33-35,40,42,44,53,57-58,64-65,74,76,80H,8-10,12-13,18-29,31-32H2,1-7H3,(H,66,77)(H,67,79)(H,68,72)(H,69,78)/t33-,34-,35-,40-,42-,44-,53+,57+,58-,60?,61-/m0/s1. The Hall–Kier alpha value is -5.97. The first-order valence-electron chi connectivity index (χ1n) is 29.9. The van der Waals surface area contributed by atoms with Crippen LogP contribution in [-0.4, -0.2) is 182 Å². The van der Waals surface area contributed by atoms with Crippen molar-refractivity contribution in [3.05, 3.63) is 80.7 Å². The van der Waals surface area contributed by atoms with Gasteiger partial charge in [-0.25, -0.2) is 0 Å². The Kier molecular flexibility index (Phi) is 23.1. The molecule has 474 valence electrons. The van der Waals surface area contributed by atoms with E-state index < -0.39 is 113 Å². The van der Waals surface area contributed by atoms with Crippen molar-refractivity contribution in [1.29, 1.82) is 5.26 Å². The number of unbranched alkanes of at least 4 members (excludes halogenated alkanes) is 2. The highest BCUT2D eigenvalue weighted by Crippen LogP contribution is 2.53. The fraction of sp³-hybridized carbons (Fsp3) is 0.607. The fourth-order valence-electron chi connectivity index (χ4n) is 12.0. The second-order valence-electron chi connectivity index (χ2n) is 22.9. The molecule has 26 heteroatoms. The molecular formula is C61H82IN9O16. The van der Waals surface area contributed by atoms with E-state index in [2.05, 4.69) is 79.3 Å². The van der Waals surface area contributed by atoms with E-state index in [1.165, 1.54) is 39.3 Å². The molecule has 3 saturated heterocycles. The molecular weight excluding hydrogens is 1240 g/mol. The molecule has 0 radical (unpaired) electrons. The molecule has 4 heterocycles. The number of nitrogens with one attached hydrogen (secondary N) is 6. The number of carbonyl (C=O) groups excluding carboxylic acids is 6. The Labute approximate surface area is 520 Å². The highest BCUT2D eigenvalue weighted by atomic mass is 127. The summed E-state index contributed by atoms with van der Waals surface area (Å²) in [5, 5.41) is 63.3. The van der Waals surface area contributed by atoms with Crippen LogP contribution in [0.15, 0.2) is 30.3 Å². The molecule has 1 unspecified atom stereocenters. The van der Waals surface area contributed by atoms with E-state index in [9.17, 15) is 49.3 Å². The SMILES string of the molecule is CCCCCC(C)(I)c1nc(COCNCCC(=O)N[C@@H](C)C(=O)N[C@@H](C)C(=O)NCCCNCCCNC(=O)[C@]2(O)Cc3c(O)c4c(c(O)c3[C@@H](O[C@H]3C[C@H]5[C@H](O[C@@H]6[C@@H](OC)OCCN65)[C@H](C)O3)C2)C(=O)c2c(OC)cccc2C4=O)ccc1C#N. The Morgan fingerprint density at radius 2 is 1.66 bits per heavy atom. The van der Waals surface area contributed by atoms with Gasteiger partial charge in [0.1, 0.15) is 47.1 Å². The summed E-state index contributed by atoms with van der Waals surface area (Å²) in [6, 6.07) is 8.25. The molecule has 3 aromatic rings. The molecule has 11 atom stereocenters. The summed E-state index contributed by atoms with van der Waals surface area (Å²) < 4.78 is 41.6. The normalized spacial score (nSPS) is 24.4. The molecule has 1 aromatic heterocycles. The van der Waals surface area contributed by atoms with Crippen molar-refractivity contribution in [2.45, 2.75) is 170 Å². The molecule has 0 bridgehead atoms. The minimum atomic E-state index is -2.24. The van der Waals surface area contributed by atoms with Crippen LogP contribution in [0.3, 0.4) is 0 Å². The molecule has 25 nitrogen and oxygen atoms in total. The number of amides is 4. The van der Waals surface area contributed by atoms with Gasteiger partial charge in [0, 0.05) is 81.7 Å². The van der Waals surface area contributed by atoms with Crippen LogP contribution in [0.5, 0.6) is 17.2 Å². The number of benzene rings is 2. The summed E-state index contributed by atoms with van der Waals surface area (Å²) in [7, 11) is 2.88. The lowest BCUT2D eigenvalue weighted by Crippen LogP contribution is -2.55. The monoisotopic (exact) mass is 1320 g/mol. The van der Waals surface area contributed by atoms with Gasteiger partial charge in [-0.2, -0.15) is 5.26 Å². The van der Waals surface area contributed by atoms with Crippen molar-refractivity contribution in [3.63, 3.8) is 0 Å². The van der Waals surface area contributed by atoms with E-state index in [0.29, 0.717) is 56.9 Å².